The molecular formula is C21H21N3O2. The minimum absolute atomic E-state index is 0.526. The number of methoxy groups -OCH3 is 1. The van der Waals surface area contributed by atoms with Crippen LogP contribution in [-0.4, -0.2) is 25.2 Å². The molecule has 0 radical (unpaired) electrons. The molecule has 0 unspecified atom stereocenters. The highest BCUT2D eigenvalue weighted by Gasteiger charge is 2.05. The Balaban J connectivity index is 1.73. The van der Waals surface area contributed by atoms with Crippen molar-refractivity contribution in [3.05, 3.63) is 53.9 Å². The van der Waals surface area contributed by atoms with Crippen molar-refractivity contribution in [3.8, 4) is 11.8 Å². The first-order valence-corrected chi connectivity index (χ1v) is 8.58. The second-order valence-corrected chi connectivity index (χ2v) is 5.80. The molecule has 3 aromatic rings. The second-order valence-electron chi connectivity index (χ2n) is 5.80. The highest BCUT2D eigenvalue weighted by Crippen LogP contribution is 2.22. The van der Waals surface area contributed by atoms with Crippen LogP contribution in [0.15, 0.2) is 46.9 Å². The Hall–Kier alpha value is -3.26. The molecule has 26 heavy (non-hydrogen) atoms. The fraction of sp³-hybridized carbons (Fsp3) is 0.238. The van der Waals surface area contributed by atoms with E-state index in [0.717, 1.165) is 41.2 Å². The summed E-state index contributed by atoms with van der Waals surface area (Å²) < 4.78 is 10.9. The summed E-state index contributed by atoms with van der Waals surface area (Å²) in [6, 6.07) is 16.0. The van der Waals surface area contributed by atoms with Gasteiger partial charge >= 0.3 is 0 Å². The number of fused-ring (bicyclic) bond motifs is 1. The van der Waals surface area contributed by atoms with Crippen LogP contribution in [0.2, 0.25) is 0 Å². The van der Waals surface area contributed by atoms with Crippen LogP contribution in [0.3, 0.4) is 0 Å². The van der Waals surface area contributed by atoms with E-state index in [1.807, 2.05) is 42.5 Å². The van der Waals surface area contributed by atoms with Crippen molar-refractivity contribution in [1.29, 1.82) is 5.26 Å². The number of oxazole rings is 1. The van der Waals surface area contributed by atoms with Gasteiger partial charge in [-0.25, -0.2) is 4.98 Å². The minimum atomic E-state index is 0.526. The van der Waals surface area contributed by atoms with Gasteiger partial charge in [-0.2, -0.15) is 5.26 Å². The van der Waals surface area contributed by atoms with Gasteiger partial charge in [-0.1, -0.05) is 12.1 Å². The zero-order valence-electron chi connectivity index (χ0n) is 15.0. The minimum Gasteiger partial charge on any atom is -0.497 e. The molecule has 0 spiro atoms. The average Bonchev–Trinajstić information content (AvgIpc) is 3.09. The van der Waals surface area contributed by atoms with Crippen LogP contribution in [0.4, 0.5) is 5.69 Å². The molecule has 3 rings (SSSR count). The molecule has 0 N–H and O–H groups in total. The fourth-order valence-corrected chi connectivity index (χ4v) is 2.74. The Bertz CT molecular complexity index is 936. The first kappa shape index (κ1) is 17.6. The molecule has 1 aromatic heterocycles. The van der Waals surface area contributed by atoms with Crippen molar-refractivity contribution in [2.45, 2.75) is 13.3 Å². The van der Waals surface area contributed by atoms with E-state index in [1.165, 1.54) is 0 Å². The van der Waals surface area contributed by atoms with Gasteiger partial charge in [-0.3, -0.25) is 0 Å². The van der Waals surface area contributed by atoms with Crippen molar-refractivity contribution in [2.24, 2.45) is 0 Å². The standard InChI is InChI=1S/C21H21N3O2/c1-3-24(14-4-13-22)17-8-5-16(6-9-17)7-12-21-23-19-15-18(25-2)10-11-20(19)26-21/h5-12,15H,3-4,14H2,1-2H3. The van der Waals surface area contributed by atoms with Gasteiger partial charge in [0.05, 0.1) is 19.6 Å². The van der Waals surface area contributed by atoms with Crippen LogP contribution in [0.5, 0.6) is 5.75 Å². The van der Waals surface area contributed by atoms with Crippen LogP contribution >= 0.6 is 0 Å². The third kappa shape index (κ3) is 4.04. The molecule has 0 fully saturated rings. The van der Waals surface area contributed by atoms with E-state index in [2.05, 4.69) is 35.0 Å². The fourth-order valence-electron chi connectivity index (χ4n) is 2.74. The topological polar surface area (TPSA) is 62.3 Å². The van der Waals surface area contributed by atoms with Gasteiger partial charge < -0.3 is 14.1 Å². The molecule has 5 nitrogen and oxygen atoms in total. The molecule has 0 aliphatic carbocycles. The lowest BCUT2D eigenvalue weighted by molar-refractivity contribution is 0.415. The Morgan fingerprint density at radius 3 is 2.69 bits per heavy atom. The SMILES string of the molecule is CCN(CCC#N)c1ccc(C=Cc2nc3cc(OC)ccc3o2)cc1. The predicted octanol–water partition coefficient (Wildman–Crippen LogP) is 4.75. The maximum absolute atomic E-state index is 8.75. The number of anilines is 1. The van der Waals surface area contributed by atoms with Gasteiger partial charge in [0.2, 0.25) is 5.89 Å². The number of hydrogen-bond acceptors (Lipinski definition) is 5. The van der Waals surface area contributed by atoms with E-state index >= 15 is 0 Å². The molecular weight excluding hydrogens is 326 g/mol. The predicted molar refractivity (Wildman–Crippen MR) is 104 cm³/mol. The third-order valence-corrected chi connectivity index (χ3v) is 4.16. The van der Waals surface area contributed by atoms with Gasteiger partial charge in [0.15, 0.2) is 5.58 Å². The Morgan fingerprint density at radius 1 is 1.19 bits per heavy atom. The zero-order valence-corrected chi connectivity index (χ0v) is 15.0. The maximum atomic E-state index is 8.75. The molecule has 5 heteroatoms. The first-order chi connectivity index (χ1) is 12.7. The van der Waals surface area contributed by atoms with Crippen LogP contribution < -0.4 is 9.64 Å². The Kier molecular flexibility index (Phi) is 5.55. The van der Waals surface area contributed by atoms with E-state index < -0.39 is 0 Å². The number of rotatable bonds is 7. The van der Waals surface area contributed by atoms with Crippen molar-refractivity contribution < 1.29 is 9.15 Å². The summed E-state index contributed by atoms with van der Waals surface area (Å²) >= 11 is 0. The zero-order chi connectivity index (χ0) is 18.4. The van der Waals surface area contributed by atoms with E-state index in [0.29, 0.717) is 12.3 Å². The van der Waals surface area contributed by atoms with Crippen molar-refractivity contribution in [1.82, 2.24) is 4.98 Å². The summed E-state index contributed by atoms with van der Waals surface area (Å²) in [6.45, 7) is 3.71. The summed E-state index contributed by atoms with van der Waals surface area (Å²) in [5.41, 5.74) is 3.69. The lowest BCUT2D eigenvalue weighted by Crippen LogP contribution is -2.23. The second kappa shape index (κ2) is 8.21. The summed E-state index contributed by atoms with van der Waals surface area (Å²) in [7, 11) is 1.63. The molecule has 0 atom stereocenters. The third-order valence-electron chi connectivity index (χ3n) is 4.16. The van der Waals surface area contributed by atoms with Crippen LogP contribution in [0.25, 0.3) is 23.3 Å². The van der Waals surface area contributed by atoms with Crippen molar-refractivity contribution >= 4 is 28.9 Å². The van der Waals surface area contributed by atoms with Gasteiger partial charge in [-0.15, -0.1) is 0 Å². The first-order valence-electron chi connectivity index (χ1n) is 8.58. The molecule has 0 aliphatic heterocycles. The maximum Gasteiger partial charge on any atom is 0.220 e. The quantitative estimate of drug-likeness (QED) is 0.617. The van der Waals surface area contributed by atoms with Crippen molar-refractivity contribution in [2.75, 3.05) is 25.1 Å². The molecule has 132 valence electrons. The largest absolute Gasteiger partial charge is 0.497 e. The number of nitriles is 1. The van der Waals surface area contributed by atoms with Gasteiger partial charge in [-0.05, 0) is 42.8 Å². The van der Waals surface area contributed by atoms with Gasteiger partial charge in [0.25, 0.3) is 0 Å². The highest BCUT2D eigenvalue weighted by molar-refractivity contribution is 5.77. The molecule has 0 saturated carbocycles. The number of ether oxygens (including phenoxy) is 1. The van der Waals surface area contributed by atoms with E-state index in [9.17, 15) is 0 Å². The van der Waals surface area contributed by atoms with Crippen LogP contribution in [0, 0.1) is 11.3 Å². The average molecular weight is 347 g/mol. The molecule has 0 amide bonds. The van der Waals surface area contributed by atoms with Crippen LogP contribution in [-0.2, 0) is 0 Å². The van der Waals surface area contributed by atoms with Gasteiger partial charge in [0.1, 0.15) is 11.3 Å². The van der Waals surface area contributed by atoms with E-state index in [1.54, 1.807) is 7.11 Å². The number of benzene rings is 2. The van der Waals surface area contributed by atoms with Crippen molar-refractivity contribution in [3.63, 3.8) is 0 Å². The molecule has 2 aromatic carbocycles. The highest BCUT2D eigenvalue weighted by atomic mass is 16.5. The molecule has 0 bridgehead atoms. The normalized spacial score (nSPS) is 11.0. The number of nitrogens with zero attached hydrogens (tertiary/aromatic N) is 3. The number of aromatic nitrogens is 1. The summed E-state index contributed by atoms with van der Waals surface area (Å²) in [4.78, 5) is 6.64. The summed E-state index contributed by atoms with van der Waals surface area (Å²) in [6.07, 6.45) is 4.35. The lowest BCUT2D eigenvalue weighted by atomic mass is 10.1. The lowest BCUT2D eigenvalue weighted by Gasteiger charge is -2.21. The number of hydrogen-bond donors (Lipinski definition) is 0. The Labute approximate surface area is 153 Å². The van der Waals surface area contributed by atoms with Gasteiger partial charge in [0, 0.05) is 30.9 Å². The van der Waals surface area contributed by atoms with E-state index in [-0.39, 0.29) is 0 Å². The smallest absolute Gasteiger partial charge is 0.220 e. The molecule has 1 heterocycles. The monoisotopic (exact) mass is 347 g/mol. The summed E-state index contributed by atoms with van der Waals surface area (Å²) in [5.74, 6) is 1.32. The molecule has 0 saturated heterocycles. The summed E-state index contributed by atoms with van der Waals surface area (Å²) in [5, 5.41) is 8.75. The van der Waals surface area contributed by atoms with E-state index in [4.69, 9.17) is 14.4 Å². The molecule has 0 aliphatic rings. The Morgan fingerprint density at radius 2 is 2.00 bits per heavy atom. The van der Waals surface area contributed by atoms with Crippen LogP contribution in [0.1, 0.15) is 24.8 Å².